The van der Waals surface area contributed by atoms with E-state index in [4.69, 9.17) is 42.6 Å². The number of aliphatic hydroxyl groups is 12. The topological polar surface area (TPSA) is 363 Å². The molecule has 1 spiro atoms. The minimum Gasteiger partial charge on any atom is -0.479 e. The van der Waals surface area contributed by atoms with Gasteiger partial charge in [0.25, 0.3) is 0 Å². The van der Waals surface area contributed by atoms with Gasteiger partial charge in [-0.3, -0.25) is 0 Å². The summed E-state index contributed by atoms with van der Waals surface area (Å²) in [5.74, 6) is -1.19. The van der Waals surface area contributed by atoms with Crippen LogP contribution in [0.1, 0.15) is 120 Å². The van der Waals surface area contributed by atoms with Gasteiger partial charge in [-0.05, 0) is 111 Å². The Kier molecular flexibility index (Phi) is 15.6. The molecule has 0 amide bonds. The third-order valence-electron chi connectivity index (χ3n) is 22.5. The summed E-state index contributed by atoms with van der Waals surface area (Å²) in [6, 6.07) is 0. The molecule has 5 saturated heterocycles. The molecule has 10 aliphatic rings. The zero-order chi connectivity index (χ0) is 56.1. The van der Waals surface area contributed by atoms with E-state index in [1.165, 1.54) is 6.92 Å². The van der Waals surface area contributed by atoms with Crippen molar-refractivity contribution in [2.24, 2.45) is 50.2 Å². The van der Waals surface area contributed by atoms with E-state index in [9.17, 15) is 71.2 Å². The van der Waals surface area contributed by atoms with Gasteiger partial charge in [0.05, 0.1) is 43.7 Å². The molecule has 10 rings (SSSR count). The maximum atomic E-state index is 13.2. The first-order chi connectivity index (χ1) is 36.0. The molecule has 2 bridgehead atoms. The molecular formula is C54H88O23. The standard InChI is InChI=1S/C54H88O23/c1-22-30(58)33(61)36(64)44(70-22)76-41-35(63)32(60)24(20-56)72-46(41)74-39-38(66)40(43(67)68)75-47(42(39)77-45-37(65)34(62)31(59)23(19-55)71-45)73-29-11-12-50(6)25(49(29,4)5)9-13-51(7)26(50)10-14-54-27-17-48(2,3)15-16-53(27,21-69-54)28(57)18-52(51,54)8/h22-42,44-47,55-66H,9-21H2,1-8H3,(H,67,68)/t22-,23+,24+,25?,26?,27+,28+,29-,30-,31+,32-,33+,34-,35-,36+,37+,38-,39-,40-,41+,42+,44-,45-,46-,47+,50-,51+,52-,53+,54-/m0/s1. The number of rotatable bonds is 11. The number of hydrogen-bond donors (Lipinski definition) is 13. The molecule has 2 unspecified atom stereocenters. The summed E-state index contributed by atoms with van der Waals surface area (Å²) in [4.78, 5) is 13.2. The third-order valence-corrected chi connectivity index (χ3v) is 22.5. The molecule has 0 aromatic heterocycles. The van der Waals surface area contributed by atoms with E-state index in [2.05, 4.69) is 48.5 Å². The Balaban J connectivity index is 0.969. The van der Waals surface area contributed by atoms with Crippen molar-refractivity contribution in [2.45, 2.75) is 260 Å². The van der Waals surface area contributed by atoms with Crippen LogP contribution in [0.5, 0.6) is 0 Å². The minimum absolute atomic E-state index is 0.0214. The number of carboxylic acid groups (broad SMARTS) is 1. The Labute approximate surface area is 449 Å². The maximum Gasteiger partial charge on any atom is 0.335 e. The summed E-state index contributed by atoms with van der Waals surface area (Å²) >= 11 is 0. The van der Waals surface area contributed by atoms with Crippen LogP contribution in [-0.2, 0) is 47.4 Å². The zero-order valence-electron chi connectivity index (χ0n) is 45.5. The van der Waals surface area contributed by atoms with Crippen LogP contribution >= 0.6 is 0 Å². The molecule has 13 N–H and O–H groups in total. The maximum absolute atomic E-state index is 13.2. The van der Waals surface area contributed by atoms with Crippen LogP contribution in [0.3, 0.4) is 0 Å². The monoisotopic (exact) mass is 1100 g/mol. The van der Waals surface area contributed by atoms with Crippen molar-refractivity contribution < 1.29 is 114 Å². The molecule has 10 fully saturated rings. The Bertz CT molecular complexity index is 2140. The Morgan fingerprint density at radius 1 is 0.532 bits per heavy atom. The summed E-state index contributed by atoms with van der Waals surface area (Å²) in [6.45, 7) is 16.3. The number of hydrogen-bond acceptors (Lipinski definition) is 22. The van der Waals surface area contributed by atoms with E-state index in [0.29, 0.717) is 25.9 Å². The Hall–Kier alpha value is -1.37. The lowest BCUT2D eigenvalue weighted by Gasteiger charge is -2.75. The molecule has 5 heterocycles. The zero-order valence-corrected chi connectivity index (χ0v) is 45.5. The fraction of sp³-hybridized carbons (Fsp3) is 0.981. The molecule has 0 radical (unpaired) electrons. The highest BCUT2D eigenvalue weighted by Crippen LogP contribution is 2.80. The van der Waals surface area contributed by atoms with Crippen LogP contribution < -0.4 is 0 Å². The van der Waals surface area contributed by atoms with Crippen molar-refractivity contribution in [1.82, 2.24) is 0 Å². The van der Waals surface area contributed by atoms with Gasteiger partial charge in [-0.1, -0.05) is 48.5 Å². The minimum atomic E-state index is -2.22. The van der Waals surface area contributed by atoms with Crippen LogP contribution in [0.15, 0.2) is 0 Å². The van der Waals surface area contributed by atoms with Gasteiger partial charge in [0, 0.05) is 10.8 Å². The summed E-state index contributed by atoms with van der Waals surface area (Å²) in [6.07, 6.45) is -30.0. The van der Waals surface area contributed by atoms with E-state index in [0.717, 1.165) is 44.9 Å². The van der Waals surface area contributed by atoms with E-state index >= 15 is 0 Å². The number of carbonyl (C=O) groups is 1. The molecular weight excluding hydrogens is 1020 g/mol. The van der Waals surface area contributed by atoms with Crippen molar-refractivity contribution in [3.63, 3.8) is 0 Å². The summed E-state index contributed by atoms with van der Waals surface area (Å²) in [5, 5.41) is 143. The lowest BCUT2D eigenvalue weighted by Crippen LogP contribution is -2.74. The summed E-state index contributed by atoms with van der Waals surface area (Å²) in [5.41, 5.74) is -1.95. The molecule has 442 valence electrons. The molecule has 0 aromatic carbocycles. The van der Waals surface area contributed by atoms with Gasteiger partial charge in [0.2, 0.25) is 0 Å². The number of ether oxygens (including phenoxy) is 9. The second-order valence-corrected chi connectivity index (χ2v) is 27.1. The molecule has 23 nitrogen and oxygen atoms in total. The SMILES string of the molecule is C[C@@H]1O[C@@H](O[C@H]2[C@H](O[C@H]3[C@H](O)[C@@H](C(=O)O)O[C@@H](O[C@H]4CC[C@@]5(C)C(CC[C@]6(C)C5CC[C@]57OC[C@@]8(CCC(C)(C)C[C@H]85)[C@H](O)C[C@]76C)C4(C)C)[C@@H]3O[C@@H]3O[C@H](CO)[C@@H](O)[C@H](O)[C@H]3O)O[C@H](CO)[C@H](O)[C@@H]2O)[C@H](O)[C@H](O)[C@H]1O. The van der Waals surface area contributed by atoms with E-state index in [1.807, 2.05) is 0 Å². The van der Waals surface area contributed by atoms with Crippen molar-refractivity contribution in [1.29, 1.82) is 0 Å². The van der Waals surface area contributed by atoms with Crippen LogP contribution in [0.25, 0.3) is 0 Å². The van der Waals surface area contributed by atoms with E-state index in [-0.39, 0.29) is 50.4 Å². The Morgan fingerprint density at radius 2 is 1.10 bits per heavy atom. The van der Waals surface area contributed by atoms with Gasteiger partial charge in [-0.15, -0.1) is 0 Å². The normalized spacial score (nSPS) is 57.0. The molecule has 30 atom stereocenters. The average molecular weight is 1110 g/mol. The van der Waals surface area contributed by atoms with Crippen LogP contribution in [-0.4, -0.2) is 233 Å². The number of fused-ring (bicyclic) bond motifs is 4. The smallest absolute Gasteiger partial charge is 0.335 e. The second kappa shape index (κ2) is 20.5. The highest BCUT2D eigenvalue weighted by atomic mass is 16.8. The molecule has 5 saturated carbocycles. The molecule has 5 aliphatic carbocycles. The predicted molar refractivity (Wildman–Crippen MR) is 261 cm³/mol. The van der Waals surface area contributed by atoms with Crippen molar-refractivity contribution >= 4 is 5.97 Å². The molecule has 23 heteroatoms. The number of aliphatic carboxylic acids is 1. The van der Waals surface area contributed by atoms with Gasteiger partial charge in [-0.25, -0.2) is 4.79 Å². The van der Waals surface area contributed by atoms with Crippen molar-refractivity contribution in [3.8, 4) is 0 Å². The first kappa shape index (κ1) is 58.8. The number of aliphatic hydroxyl groups excluding tert-OH is 12. The van der Waals surface area contributed by atoms with Gasteiger partial charge < -0.3 is 109 Å². The van der Waals surface area contributed by atoms with Gasteiger partial charge >= 0.3 is 5.97 Å². The predicted octanol–water partition coefficient (Wildman–Crippen LogP) is -1.23. The van der Waals surface area contributed by atoms with Gasteiger partial charge in [0.1, 0.15) is 85.5 Å². The van der Waals surface area contributed by atoms with Gasteiger partial charge in [-0.2, -0.15) is 0 Å². The number of carboxylic acids is 1. The van der Waals surface area contributed by atoms with Crippen LogP contribution in [0.2, 0.25) is 0 Å². The molecule has 5 aliphatic heterocycles. The fourth-order valence-corrected chi connectivity index (χ4v) is 17.9. The first-order valence-corrected chi connectivity index (χ1v) is 28.1. The molecule has 77 heavy (non-hydrogen) atoms. The van der Waals surface area contributed by atoms with Crippen molar-refractivity contribution in [3.05, 3.63) is 0 Å². The van der Waals surface area contributed by atoms with E-state index in [1.54, 1.807) is 0 Å². The fourth-order valence-electron chi connectivity index (χ4n) is 17.9. The lowest BCUT2D eigenvalue weighted by atomic mass is 9.30. The first-order valence-electron chi connectivity index (χ1n) is 28.1. The van der Waals surface area contributed by atoms with Gasteiger partial charge in [0.15, 0.2) is 31.3 Å². The van der Waals surface area contributed by atoms with Crippen LogP contribution in [0, 0.1) is 50.2 Å². The molecule has 0 aromatic rings. The van der Waals surface area contributed by atoms with Crippen LogP contribution in [0.4, 0.5) is 0 Å². The highest BCUT2D eigenvalue weighted by molar-refractivity contribution is 5.73. The quantitative estimate of drug-likeness (QED) is 0.108. The highest BCUT2D eigenvalue weighted by Gasteiger charge is 2.80. The summed E-state index contributed by atoms with van der Waals surface area (Å²) in [7, 11) is 0. The lowest BCUT2D eigenvalue weighted by molar-refractivity contribution is -0.406. The second-order valence-electron chi connectivity index (χ2n) is 27.1. The van der Waals surface area contributed by atoms with Crippen molar-refractivity contribution in [2.75, 3.05) is 19.8 Å². The average Bonchev–Trinajstić information content (AvgIpc) is 3.93. The largest absolute Gasteiger partial charge is 0.479 e. The summed E-state index contributed by atoms with van der Waals surface area (Å²) < 4.78 is 56.4. The van der Waals surface area contributed by atoms with E-state index < -0.39 is 160 Å². The Morgan fingerprint density at radius 3 is 1.75 bits per heavy atom. The third kappa shape index (κ3) is 8.87.